The molecule has 25 heavy (non-hydrogen) atoms. The highest BCUT2D eigenvalue weighted by Crippen LogP contribution is 2.25. The number of aromatic nitrogens is 5. The van der Waals surface area contributed by atoms with Gasteiger partial charge in [-0.15, -0.1) is 5.10 Å². The van der Waals surface area contributed by atoms with E-state index < -0.39 is 5.82 Å². The lowest BCUT2D eigenvalue weighted by molar-refractivity contribution is 0.0648. The summed E-state index contributed by atoms with van der Waals surface area (Å²) in [6.45, 7) is 3.90. The van der Waals surface area contributed by atoms with E-state index in [4.69, 9.17) is 0 Å². The summed E-state index contributed by atoms with van der Waals surface area (Å²) in [5.41, 5.74) is 2.21. The lowest BCUT2D eigenvalue weighted by Crippen LogP contribution is -2.43. The molecule has 7 nitrogen and oxygen atoms in total. The van der Waals surface area contributed by atoms with E-state index in [2.05, 4.69) is 20.5 Å². The Hall–Kier alpha value is -3.03. The van der Waals surface area contributed by atoms with Crippen molar-refractivity contribution < 1.29 is 9.18 Å². The standard InChI is InChI=1S/C17H17FN6O/c1-10-4-3-5-12(16(10)18)17(25)23-9-13-14(8-11(23)2)24(22-20-13)15-6-7-19-21-15/h3-7,11H,8-9H2,1-2H3,(H,19,21)/t11-/m1/s1. The van der Waals surface area contributed by atoms with Crippen LogP contribution in [0, 0.1) is 12.7 Å². The van der Waals surface area contributed by atoms with Crippen molar-refractivity contribution in [3.63, 3.8) is 0 Å². The molecule has 3 heterocycles. The summed E-state index contributed by atoms with van der Waals surface area (Å²) in [7, 11) is 0. The van der Waals surface area contributed by atoms with Gasteiger partial charge in [-0.3, -0.25) is 9.89 Å². The summed E-state index contributed by atoms with van der Waals surface area (Å²) < 4.78 is 16.0. The fourth-order valence-corrected chi connectivity index (χ4v) is 3.17. The predicted octanol–water partition coefficient (Wildman–Crippen LogP) is 2.02. The van der Waals surface area contributed by atoms with Crippen LogP contribution in [0.3, 0.4) is 0 Å². The third-order valence-corrected chi connectivity index (χ3v) is 4.58. The SMILES string of the molecule is Cc1cccc(C(=O)N2Cc3nnn(-c4ccn[nH]4)c3C[C@H]2C)c1F. The van der Waals surface area contributed by atoms with Gasteiger partial charge in [0.25, 0.3) is 5.91 Å². The molecular weight excluding hydrogens is 323 g/mol. The van der Waals surface area contributed by atoms with E-state index in [1.165, 1.54) is 6.07 Å². The van der Waals surface area contributed by atoms with Crippen LogP contribution in [0.5, 0.6) is 0 Å². The van der Waals surface area contributed by atoms with Crippen LogP contribution in [0.15, 0.2) is 30.5 Å². The predicted molar refractivity (Wildman–Crippen MR) is 87.7 cm³/mol. The van der Waals surface area contributed by atoms with E-state index in [0.29, 0.717) is 24.2 Å². The molecule has 1 aliphatic heterocycles. The Morgan fingerprint density at radius 1 is 1.36 bits per heavy atom. The minimum absolute atomic E-state index is 0.0938. The van der Waals surface area contributed by atoms with Crippen molar-refractivity contribution in [2.24, 2.45) is 0 Å². The largest absolute Gasteiger partial charge is 0.329 e. The Labute approximate surface area is 143 Å². The van der Waals surface area contributed by atoms with Crippen molar-refractivity contribution in [1.29, 1.82) is 0 Å². The van der Waals surface area contributed by atoms with Gasteiger partial charge in [0.05, 0.1) is 24.0 Å². The lowest BCUT2D eigenvalue weighted by Gasteiger charge is -2.33. The van der Waals surface area contributed by atoms with Gasteiger partial charge < -0.3 is 4.90 Å². The maximum Gasteiger partial charge on any atom is 0.257 e. The number of fused-ring (bicyclic) bond motifs is 1. The molecule has 0 unspecified atom stereocenters. The lowest BCUT2D eigenvalue weighted by atomic mass is 10.0. The molecule has 128 valence electrons. The van der Waals surface area contributed by atoms with Crippen molar-refractivity contribution in [2.45, 2.75) is 32.9 Å². The van der Waals surface area contributed by atoms with Crippen LogP contribution in [0.2, 0.25) is 0 Å². The number of aromatic amines is 1. The summed E-state index contributed by atoms with van der Waals surface area (Å²) in [6.07, 6.45) is 2.23. The Balaban J connectivity index is 1.66. The van der Waals surface area contributed by atoms with E-state index in [0.717, 1.165) is 11.5 Å². The minimum Gasteiger partial charge on any atom is -0.329 e. The Morgan fingerprint density at radius 2 is 2.20 bits per heavy atom. The number of carbonyl (C=O) groups is 1. The number of rotatable bonds is 2. The Bertz CT molecular complexity index is 933. The van der Waals surface area contributed by atoms with Gasteiger partial charge in [0.1, 0.15) is 11.5 Å². The van der Waals surface area contributed by atoms with Crippen LogP contribution in [-0.4, -0.2) is 42.0 Å². The van der Waals surface area contributed by atoms with Gasteiger partial charge in [-0.2, -0.15) is 9.78 Å². The van der Waals surface area contributed by atoms with Gasteiger partial charge in [0.2, 0.25) is 0 Å². The smallest absolute Gasteiger partial charge is 0.257 e. The summed E-state index contributed by atoms with van der Waals surface area (Å²) in [6, 6.07) is 6.58. The quantitative estimate of drug-likeness (QED) is 0.774. The van der Waals surface area contributed by atoms with Crippen LogP contribution in [0.4, 0.5) is 4.39 Å². The number of carbonyl (C=O) groups excluding carboxylic acids is 1. The van der Waals surface area contributed by atoms with Gasteiger partial charge in [0, 0.05) is 18.5 Å². The molecule has 0 saturated carbocycles. The number of aryl methyl sites for hydroxylation is 1. The fourth-order valence-electron chi connectivity index (χ4n) is 3.17. The van der Waals surface area contributed by atoms with Crippen LogP contribution in [-0.2, 0) is 13.0 Å². The molecule has 0 fully saturated rings. The summed E-state index contributed by atoms with van der Waals surface area (Å²) in [5.74, 6) is -0.0625. The first-order chi connectivity index (χ1) is 12.1. The molecule has 2 aromatic heterocycles. The number of benzene rings is 1. The normalized spacial score (nSPS) is 16.8. The zero-order chi connectivity index (χ0) is 17.6. The van der Waals surface area contributed by atoms with E-state index >= 15 is 0 Å². The van der Waals surface area contributed by atoms with Crippen LogP contribution < -0.4 is 0 Å². The van der Waals surface area contributed by atoms with Crippen LogP contribution in [0.25, 0.3) is 5.82 Å². The van der Waals surface area contributed by atoms with Crippen molar-refractivity contribution in [1.82, 2.24) is 30.1 Å². The average molecular weight is 340 g/mol. The second-order valence-corrected chi connectivity index (χ2v) is 6.26. The maximum absolute atomic E-state index is 14.3. The number of amides is 1. The first-order valence-corrected chi connectivity index (χ1v) is 8.05. The van der Waals surface area contributed by atoms with Gasteiger partial charge in [-0.1, -0.05) is 17.3 Å². The first-order valence-electron chi connectivity index (χ1n) is 8.05. The van der Waals surface area contributed by atoms with Gasteiger partial charge >= 0.3 is 0 Å². The molecule has 1 aliphatic rings. The zero-order valence-corrected chi connectivity index (χ0v) is 13.9. The molecule has 4 rings (SSSR count). The fraction of sp³-hybridized carbons (Fsp3) is 0.294. The zero-order valence-electron chi connectivity index (χ0n) is 13.9. The highest BCUT2D eigenvalue weighted by molar-refractivity contribution is 5.95. The molecule has 0 aliphatic carbocycles. The Morgan fingerprint density at radius 3 is 2.96 bits per heavy atom. The summed E-state index contributed by atoms with van der Waals surface area (Å²) in [5, 5.41) is 15.1. The minimum atomic E-state index is -0.466. The van der Waals surface area contributed by atoms with Crippen molar-refractivity contribution in [2.75, 3.05) is 0 Å². The van der Waals surface area contributed by atoms with Crippen LogP contribution in [0.1, 0.15) is 34.2 Å². The number of hydrogen-bond donors (Lipinski definition) is 1. The summed E-state index contributed by atoms with van der Waals surface area (Å²) >= 11 is 0. The second-order valence-electron chi connectivity index (χ2n) is 6.26. The van der Waals surface area contributed by atoms with E-state index in [9.17, 15) is 9.18 Å². The van der Waals surface area contributed by atoms with E-state index in [1.807, 2.05) is 6.92 Å². The molecule has 1 N–H and O–H groups in total. The van der Waals surface area contributed by atoms with E-state index in [-0.39, 0.29) is 17.5 Å². The molecule has 8 heteroatoms. The molecule has 0 spiro atoms. The van der Waals surface area contributed by atoms with Crippen molar-refractivity contribution in [3.8, 4) is 5.82 Å². The Kier molecular flexibility index (Phi) is 3.60. The molecule has 1 aromatic carbocycles. The topological polar surface area (TPSA) is 79.7 Å². The molecule has 1 atom stereocenters. The van der Waals surface area contributed by atoms with Gasteiger partial charge in [-0.25, -0.2) is 4.39 Å². The summed E-state index contributed by atoms with van der Waals surface area (Å²) in [4.78, 5) is 14.5. The number of nitrogens with one attached hydrogen (secondary N) is 1. The molecule has 1 amide bonds. The molecular formula is C17H17FN6O. The number of halogens is 1. The molecule has 0 saturated heterocycles. The number of nitrogens with zero attached hydrogens (tertiary/aromatic N) is 5. The highest BCUT2D eigenvalue weighted by Gasteiger charge is 2.32. The third-order valence-electron chi connectivity index (χ3n) is 4.58. The average Bonchev–Trinajstić information content (AvgIpc) is 3.25. The molecule has 0 radical (unpaired) electrons. The maximum atomic E-state index is 14.3. The van der Waals surface area contributed by atoms with Crippen LogP contribution >= 0.6 is 0 Å². The third kappa shape index (κ3) is 2.50. The monoisotopic (exact) mass is 340 g/mol. The van der Waals surface area contributed by atoms with Gasteiger partial charge in [-0.05, 0) is 25.5 Å². The van der Waals surface area contributed by atoms with Crippen molar-refractivity contribution >= 4 is 5.91 Å². The number of hydrogen-bond acceptors (Lipinski definition) is 4. The molecule has 0 bridgehead atoms. The molecule has 3 aromatic rings. The number of H-pyrrole nitrogens is 1. The second kappa shape index (κ2) is 5.80. The van der Waals surface area contributed by atoms with E-state index in [1.54, 1.807) is 40.9 Å². The first kappa shape index (κ1) is 15.5. The van der Waals surface area contributed by atoms with Crippen molar-refractivity contribution in [3.05, 3.63) is 58.8 Å². The van der Waals surface area contributed by atoms with Gasteiger partial charge in [0.15, 0.2) is 5.82 Å². The highest BCUT2D eigenvalue weighted by atomic mass is 19.1.